The Morgan fingerprint density at radius 2 is 2.12 bits per heavy atom. The van der Waals surface area contributed by atoms with Crippen molar-refractivity contribution >= 4 is 11.5 Å². The molecule has 0 aliphatic carbocycles. The molecule has 5 heteroatoms. The maximum atomic E-state index is 11.3. The number of aromatic nitrogens is 1. The Morgan fingerprint density at radius 3 is 2.75 bits per heavy atom. The number of anilines is 2. The molecule has 0 aliphatic rings. The van der Waals surface area contributed by atoms with Crippen molar-refractivity contribution in [1.29, 1.82) is 0 Å². The molecule has 0 unspecified atom stereocenters. The molecule has 82 valence electrons. The minimum absolute atomic E-state index is 0.0955. The quantitative estimate of drug-likeness (QED) is 0.769. The molecule has 0 saturated heterocycles. The number of nitrogens with one attached hydrogen (secondary N) is 1. The third-order valence-electron chi connectivity index (χ3n) is 2.07. The zero-order valence-electron chi connectivity index (χ0n) is 8.69. The summed E-state index contributed by atoms with van der Waals surface area (Å²) < 4.78 is 5.06. The van der Waals surface area contributed by atoms with Gasteiger partial charge in [0.2, 0.25) is 0 Å². The Bertz CT molecular complexity index is 556. The molecule has 0 amide bonds. The van der Waals surface area contributed by atoms with Crippen LogP contribution in [0.3, 0.4) is 0 Å². The van der Waals surface area contributed by atoms with Gasteiger partial charge in [0.15, 0.2) is 5.75 Å². The lowest BCUT2D eigenvalue weighted by Gasteiger charge is -2.11. The van der Waals surface area contributed by atoms with Gasteiger partial charge in [0, 0.05) is 6.20 Å². The highest BCUT2D eigenvalue weighted by molar-refractivity contribution is 5.68. The van der Waals surface area contributed by atoms with Crippen LogP contribution in [0.5, 0.6) is 5.75 Å². The molecule has 0 bridgehead atoms. The first-order chi connectivity index (χ1) is 7.74. The first-order valence-corrected chi connectivity index (χ1v) is 4.88. The van der Waals surface area contributed by atoms with Gasteiger partial charge >= 0.3 is 0 Å². The highest BCUT2D eigenvalue weighted by atomic mass is 16.5. The third-order valence-corrected chi connectivity index (χ3v) is 2.07. The van der Waals surface area contributed by atoms with E-state index in [1.165, 1.54) is 0 Å². The monoisotopic (exact) mass is 218 g/mol. The van der Waals surface area contributed by atoms with Crippen molar-refractivity contribution in [1.82, 2.24) is 4.98 Å². The van der Waals surface area contributed by atoms with Gasteiger partial charge in [0.25, 0.3) is 10.9 Å². The van der Waals surface area contributed by atoms with Crippen LogP contribution in [0.1, 0.15) is 6.92 Å². The van der Waals surface area contributed by atoms with E-state index in [4.69, 9.17) is 4.74 Å². The van der Waals surface area contributed by atoms with Crippen molar-refractivity contribution in [2.75, 3.05) is 11.9 Å². The second-order valence-electron chi connectivity index (χ2n) is 3.14. The molecule has 0 atom stereocenters. The predicted octanol–water partition coefficient (Wildman–Crippen LogP) is 0.820. The molecular formula is C11H10N2O3. The average molecular weight is 218 g/mol. The van der Waals surface area contributed by atoms with E-state index in [2.05, 4.69) is 10.3 Å². The zero-order chi connectivity index (χ0) is 11.5. The molecule has 2 aromatic rings. The zero-order valence-corrected chi connectivity index (χ0v) is 8.69. The van der Waals surface area contributed by atoms with Crippen molar-refractivity contribution in [3.8, 4) is 5.75 Å². The molecule has 2 rings (SSSR count). The molecule has 0 aliphatic heterocycles. The molecule has 1 aromatic carbocycles. The maximum Gasteiger partial charge on any atom is 0.272 e. The van der Waals surface area contributed by atoms with E-state index in [1.54, 1.807) is 31.3 Å². The molecule has 1 N–H and O–H groups in total. The Morgan fingerprint density at radius 1 is 1.31 bits per heavy atom. The first kappa shape index (κ1) is 10.4. The van der Waals surface area contributed by atoms with Crippen LogP contribution < -0.4 is 20.9 Å². The van der Waals surface area contributed by atoms with Crippen LogP contribution in [-0.2, 0) is 0 Å². The fourth-order valence-corrected chi connectivity index (χ4v) is 1.33. The van der Waals surface area contributed by atoms with Gasteiger partial charge < -0.3 is 10.1 Å². The van der Waals surface area contributed by atoms with Crippen LogP contribution in [0.15, 0.2) is 34.0 Å². The lowest BCUT2D eigenvalue weighted by Crippen LogP contribution is -2.35. The molecule has 5 nitrogen and oxygen atoms in total. The first-order valence-electron chi connectivity index (χ1n) is 4.88. The van der Waals surface area contributed by atoms with Gasteiger partial charge in [0.1, 0.15) is 11.5 Å². The minimum Gasteiger partial charge on any atom is -0.488 e. The van der Waals surface area contributed by atoms with Crippen LogP contribution in [0.25, 0.3) is 0 Å². The molecule has 16 heavy (non-hydrogen) atoms. The maximum absolute atomic E-state index is 11.3. The fraction of sp³-hybridized carbons (Fsp3) is 0.182. The molecule has 0 spiro atoms. The Balaban J connectivity index is 2.26. The molecule has 0 fully saturated rings. The van der Waals surface area contributed by atoms with Gasteiger partial charge in [-0.1, -0.05) is 6.07 Å². The number of rotatable bonds is 4. The highest BCUT2D eigenvalue weighted by Gasteiger charge is 2.22. The summed E-state index contributed by atoms with van der Waals surface area (Å²) >= 11 is 0. The van der Waals surface area contributed by atoms with Crippen molar-refractivity contribution in [3.63, 3.8) is 0 Å². The Kier molecular flexibility index (Phi) is 2.68. The molecule has 0 radical (unpaired) electrons. The molecule has 1 aromatic heterocycles. The van der Waals surface area contributed by atoms with Crippen LogP contribution in [0, 0.1) is 0 Å². The summed E-state index contributed by atoms with van der Waals surface area (Å²) in [6.07, 6.45) is 1.59. The van der Waals surface area contributed by atoms with E-state index in [1.807, 2.05) is 0 Å². The van der Waals surface area contributed by atoms with Crippen LogP contribution in [-0.4, -0.2) is 11.6 Å². The summed E-state index contributed by atoms with van der Waals surface area (Å²) in [5.41, 5.74) is -0.958. The summed E-state index contributed by atoms with van der Waals surface area (Å²) in [6, 6.07) is 5.24. The predicted molar refractivity (Wildman–Crippen MR) is 60.0 cm³/mol. The minimum atomic E-state index is -0.583. The standard InChI is InChI=1S/C11H10N2O3/c1-2-16-11-8(9(14)10(11)15)13-7-5-3-4-6-12-7/h3-6H,2H2,1H3,(H,12,13). The van der Waals surface area contributed by atoms with Crippen molar-refractivity contribution < 1.29 is 4.74 Å². The summed E-state index contributed by atoms with van der Waals surface area (Å²) in [5.74, 6) is 0.605. The lowest BCUT2D eigenvalue weighted by atomic mass is 10.2. The Hall–Kier alpha value is -2.17. The van der Waals surface area contributed by atoms with Crippen molar-refractivity contribution in [3.05, 3.63) is 44.8 Å². The number of pyridine rings is 1. The van der Waals surface area contributed by atoms with Crippen LogP contribution in [0.4, 0.5) is 11.5 Å². The SMILES string of the molecule is CCOc1c(Nc2ccccn2)c(=O)c1=O. The van der Waals surface area contributed by atoms with Gasteiger partial charge in [0.05, 0.1) is 6.61 Å². The van der Waals surface area contributed by atoms with Gasteiger partial charge in [-0.25, -0.2) is 4.98 Å². The highest BCUT2D eigenvalue weighted by Crippen LogP contribution is 2.20. The van der Waals surface area contributed by atoms with Gasteiger partial charge in [-0.05, 0) is 19.1 Å². The second kappa shape index (κ2) is 4.14. The third kappa shape index (κ3) is 1.67. The van der Waals surface area contributed by atoms with Crippen LogP contribution >= 0.6 is 0 Å². The van der Waals surface area contributed by atoms with Crippen LogP contribution in [0.2, 0.25) is 0 Å². The molecular weight excluding hydrogens is 208 g/mol. The number of nitrogens with zero attached hydrogens (tertiary/aromatic N) is 1. The Labute approximate surface area is 91.4 Å². The number of hydrogen-bond acceptors (Lipinski definition) is 5. The molecule has 0 saturated carbocycles. The number of hydrogen-bond donors (Lipinski definition) is 1. The van der Waals surface area contributed by atoms with E-state index in [9.17, 15) is 9.59 Å². The van der Waals surface area contributed by atoms with E-state index in [0.717, 1.165) is 0 Å². The fourth-order valence-electron chi connectivity index (χ4n) is 1.33. The average Bonchev–Trinajstić information content (AvgIpc) is 2.34. The largest absolute Gasteiger partial charge is 0.488 e. The summed E-state index contributed by atoms with van der Waals surface area (Å²) in [7, 11) is 0. The number of ether oxygens (including phenoxy) is 1. The van der Waals surface area contributed by atoms with Gasteiger partial charge in [-0.2, -0.15) is 0 Å². The molecule has 1 heterocycles. The smallest absolute Gasteiger partial charge is 0.272 e. The summed E-state index contributed by atoms with van der Waals surface area (Å²) in [6.45, 7) is 2.10. The topological polar surface area (TPSA) is 68.3 Å². The van der Waals surface area contributed by atoms with Gasteiger partial charge in [-0.3, -0.25) is 9.59 Å². The van der Waals surface area contributed by atoms with E-state index in [0.29, 0.717) is 12.4 Å². The lowest BCUT2D eigenvalue weighted by molar-refractivity contribution is 0.335. The van der Waals surface area contributed by atoms with Crippen molar-refractivity contribution in [2.24, 2.45) is 0 Å². The second-order valence-corrected chi connectivity index (χ2v) is 3.14. The van der Waals surface area contributed by atoms with Crippen molar-refractivity contribution in [2.45, 2.75) is 6.92 Å². The van der Waals surface area contributed by atoms with E-state index in [-0.39, 0.29) is 11.4 Å². The van der Waals surface area contributed by atoms with Gasteiger partial charge in [-0.15, -0.1) is 0 Å². The normalized spacial score (nSPS) is 10.3. The van der Waals surface area contributed by atoms with E-state index >= 15 is 0 Å². The summed E-state index contributed by atoms with van der Waals surface area (Å²) in [4.78, 5) is 26.4. The summed E-state index contributed by atoms with van der Waals surface area (Å²) in [5, 5.41) is 2.77. The van der Waals surface area contributed by atoms with E-state index < -0.39 is 10.9 Å².